The highest BCUT2D eigenvalue weighted by Gasteiger charge is 2.18. The number of rotatable bonds is 3. The Kier molecular flexibility index (Phi) is 4.53. The van der Waals surface area contributed by atoms with E-state index in [1.807, 2.05) is 13.8 Å². The minimum absolute atomic E-state index is 0.0538. The fourth-order valence-electron chi connectivity index (χ4n) is 1.19. The van der Waals surface area contributed by atoms with Gasteiger partial charge in [0, 0.05) is 10.9 Å². The van der Waals surface area contributed by atoms with Crippen molar-refractivity contribution in [3.63, 3.8) is 0 Å². The van der Waals surface area contributed by atoms with E-state index in [1.54, 1.807) is 0 Å². The molecule has 0 amide bonds. The molecule has 0 radical (unpaired) electrons. The van der Waals surface area contributed by atoms with E-state index < -0.39 is 11.6 Å². The van der Waals surface area contributed by atoms with Crippen LogP contribution in [0.3, 0.4) is 0 Å². The van der Waals surface area contributed by atoms with Gasteiger partial charge in [-0.25, -0.2) is 8.78 Å². The largest absolute Gasteiger partial charge is 0.207 e. The van der Waals surface area contributed by atoms with Gasteiger partial charge in [-0.1, -0.05) is 13.8 Å². The third-order valence-electron chi connectivity index (χ3n) is 2.26. The number of hydrogen-bond acceptors (Lipinski definition) is 0. The van der Waals surface area contributed by atoms with E-state index in [-0.39, 0.29) is 27.8 Å². The van der Waals surface area contributed by atoms with Crippen LogP contribution in [0.15, 0.2) is 16.6 Å². The maximum Gasteiger partial charge on any atom is 0.143 e. The second-order valence-electron chi connectivity index (χ2n) is 3.79. The molecule has 0 fully saturated rings. The lowest BCUT2D eigenvalue weighted by molar-refractivity contribution is 0.523. The van der Waals surface area contributed by atoms with Crippen LogP contribution in [0.2, 0.25) is 0 Å². The number of benzene rings is 1. The number of hydrogen-bond donors (Lipinski definition) is 0. The molecule has 0 saturated heterocycles. The van der Waals surface area contributed by atoms with Crippen LogP contribution in [0, 0.1) is 17.6 Å². The molecule has 0 aromatic heterocycles. The SMILES string of the molecule is CC(C)C(Cl)Cc1c(F)ccc(Br)c1F. The number of alkyl halides is 1. The quantitative estimate of drug-likeness (QED) is 0.568. The van der Waals surface area contributed by atoms with Crippen molar-refractivity contribution in [2.24, 2.45) is 5.92 Å². The maximum absolute atomic E-state index is 13.5. The van der Waals surface area contributed by atoms with Gasteiger partial charge in [-0.05, 0) is 40.4 Å². The Morgan fingerprint density at radius 1 is 1.33 bits per heavy atom. The lowest BCUT2D eigenvalue weighted by Gasteiger charge is -2.14. The molecule has 0 aliphatic heterocycles. The van der Waals surface area contributed by atoms with Crippen LogP contribution >= 0.6 is 27.5 Å². The normalized spacial score (nSPS) is 13.3. The Labute approximate surface area is 102 Å². The Balaban J connectivity index is 2.98. The fourth-order valence-corrected chi connectivity index (χ4v) is 1.71. The molecule has 1 aromatic carbocycles. The first-order chi connectivity index (χ1) is 6.93. The van der Waals surface area contributed by atoms with Crippen LogP contribution in [-0.4, -0.2) is 5.38 Å². The van der Waals surface area contributed by atoms with Crippen molar-refractivity contribution in [3.8, 4) is 0 Å². The van der Waals surface area contributed by atoms with Crippen LogP contribution in [0.5, 0.6) is 0 Å². The zero-order valence-corrected chi connectivity index (χ0v) is 10.9. The second-order valence-corrected chi connectivity index (χ2v) is 5.20. The zero-order valence-electron chi connectivity index (χ0n) is 8.53. The fraction of sp³-hybridized carbons (Fsp3) is 0.455. The maximum atomic E-state index is 13.5. The molecule has 1 rings (SSSR count). The summed E-state index contributed by atoms with van der Waals surface area (Å²) in [5.74, 6) is -0.909. The van der Waals surface area contributed by atoms with Crippen molar-refractivity contribution in [2.75, 3.05) is 0 Å². The summed E-state index contributed by atoms with van der Waals surface area (Å²) >= 11 is 9.02. The third-order valence-corrected chi connectivity index (χ3v) is 3.53. The highest BCUT2D eigenvalue weighted by atomic mass is 79.9. The Hall–Kier alpha value is -0.150. The van der Waals surface area contributed by atoms with Gasteiger partial charge in [0.2, 0.25) is 0 Å². The highest BCUT2D eigenvalue weighted by Crippen LogP contribution is 2.25. The topological polar surface area (TPSA) is 0 Å². The monoisotopic (exact) mass is 296 g/mol. The molecule has 1 unspecified atom stereocenters. The van der Waals surface area contributed by atoms with Gasteiger partial charge in [-0.15, -0.1) is 11.6 Å². The molecule has 0 saturated carbocycles. The predicted molar refractivity (Wildman–Crippen MR) is 62.2 cm³/mol. The molecule has 15 heavy (non-hydrogen) atoms. The van der Waals surface area contributed by atoms with E-state index in [1.165, 1.54) is 12.1 Å². The first-order valence-corrected chi connectivity index (χ1v) is 5.93. The van der Waals surface area contributed by atoms with Gasteiger partial charge < -0.3 is 0 Å². The predicted octanol–water partition coefficient (Wildman–Crippen LogP) is 4.53. The van der Waals surface area contributed by atoms with Crippen LogP contribution in [0.25, 0.3) is 0 Å². The summed E-state index contributed by atoms with van der Waals surface area (Å²) in [5.41, 5.74) is 0.0538. The average molecular weight is 298 g/mol. The first-order valence-electron chi connectivity index (χ1n) is 4.70. The minimum Gasteiger partial charge on any atom is -0.207 e. The van der Waals surface area contributed by atoms with Crippen LogP contribution < -0.4 is 0 Å². The van der Waals surface area contributed by atoms with Crippen molar-refractivity contribution in [1.82, 2.24) is 0 Å². The standard InChI is InChI=1S/C11H12BrClF2/c1-6(2)9(13)5-7-10(14)4-3-8(12)11(7)15/h3-4,6,9H,5H2,1-2H3. The van der Waals surface area contributed by atoms with E-state index in [2.05, 4.69) is 15.9 Å². The molecule has 0 spiro atoms. The molecular weight excluding hydrogens is 285 g/mol. The van der Waals surface area contributed by atoms with E-state index in [0.29, 0.717) is 0 Å². The average Bonchev–Trinajstić information content (AvgIpc) is 2.18. The van der Waals surface area contributed by atoms with Crippen molar-refractivity contribution in [1.29, 1.82) is 0 Å². The third kappa shape index (κ3) is 3.15. The molecular formula is C11H12BrClF2. The number of halogens is 4. The summed E-state index contributed by atoms with van der Waals surface area (Å²) in [6, 6.07) is 2.60. The Morgan fingerprint density at radius 2 is 1.93 bits per heavy atom. The van der Waals surface area contributed by atoms with Crippen LogP contribution in [-0.2, 0) is 6.42 Å². The minimum atomic E-state index is -0.554. The van der Waals surface area contributed by atoms with E-state index in [4.69, 9.17) is 11.6 Å². The molecule has 0 N–H and O–H groups in total. The summed E-state index contributed by atoms with van der Waals surface area (Å²) in [7, 11) is 0. The van der Waals surface area contributed by atoms with Crippen LogP contribution in [0.4, 0.5) is 8.78 Å². The van der Waals surface area contributed by atoms with Gasteiger partial charge in [0.15, 0.2) is 0 Å². The summed E-state index contributed by atoms with van der Waals surface area (Å²) in [5, 5.41) is -0.261. The molecule has 0 aliphatic carbocycles. The highest BCUT2D eigenvalue weighted by molar-refractivity contribution is 9.10. The van der Waals surface area contributed by atoms with Gasteiger partial charge in [0.25, 0.3) is 0 Å². The second kappa shape index (κ2) is 5.26. The first kappa shape index (κ1) is 12.9. The summed E-state index contributed by atoms with van der Waals surface area (Å²) in [6.07, 6.45) is 0.205. The van der Waals surface area contributed by atoms with Crippen molar-refractivity contribution >= 4 is 27.5 Å². The molecule has 0 bridgehead atoms. The molecule has 1 atom stereocenters. The molecule has 0 aliphatic rings. The van der Waals surface area contributed by atoms with Gasteiger partial charge in [0.1, 0.15) is 11.6 Å². The lowest BCUT2D eigenvalue weighted by atomic mass is 10.0. The van der Waals surface area contributed by atoms with Crippen molar-refractivity contribution < 1.29 is 8.78 Å². The van der Waals surface area contributed by atoms with E-state index >= 15 is 0 Å². The lowest BCUT2D eigenvalue weighted by Crippen LogP contribution is -2.13. The smallest absolute Gasteiger partial charge is 0.143 e. The van der Waals surface area contributed by atoms with Gasteiger partial charge in [0.05, 0.1) is 4.47 Å². The summed E-state index contributed by atoms with van der Waals surface area (Å²) in [6.45, 7) is 3.84. The molecule has 4 heteroatoms. The molecule has 0 heterocycles. The molecule has 84 valence electrons. The van der Waals surface area contributed by atoms with Gasteiger partial charge in [-0.3, -0.25) is 0 Å². The van der Waals surface area contributed by atoms with Crippen molar-refractivity contribution in [2.45, 2.75) is 25.6 Å². The summed E-state index contributed by atoms with van der Waals surface area (Å²) < 4.78 is 27.1. The zero-order chi connectivity index (χ0) is 11.6. The Morgan fingerprint density at radius 3 is 2.47 bits per heavy atom. The Bertz CT molecular complexity index is 353. The van der Waals surface area contributed by atoms with Gasteiger partial charge in [-0.2, -0.15) is 0 Å². The van der Waals surface area contributed by atoms with Crippen molar-refractivity contribution in [3.05, 3.63) is 33.8 Å². The van der Waals surface area contributed by atoms with E-state index in [9.17, 15) is 8.78 Å². The van der Waals surface area contributed by atoms with Crippen LogP contribution in [0.1, 0.15) is 19.4 Å². The van der Waals surface area contributed by atoms with E-state index in [0.717, 1.165) is 0 Å². The molecule has 0 nitrogen and oxygen atoms in total. The van der Waals surface area contributed by atoms with Gasteiger partial charge >= 0.3 is 0 Å². The molecule has 1 aromatic rings. The summed E-state index contributed by atoms with van der Waals surface area (Å²) in [4.78, 5) is 0.